The quantitative estimate of drug-likeness (QED) is 0.573. The van der Waals surface area contributed by atoms with E-state index in [1.807, 2.05) is 48.3 Å². The highest BCUT2D eigenvalue weighted by atomic mass is 16.6. The van der Waals surface area contributed by atoms with Gasteiger partial charge in [0.1, 0.15) is 5.54 Å². The number of esters is 1. The molecule has 6 heteroatoms. The van der Waals surface area contributed by atoms with Gasteiger partial charge in [-0.15, -0.1) is 0 Å². The van der Waals surface area contributed by atoms with Crippen molar-refractivity contribution >= 4 is 17.6 Å². The molecule has 3 aliphatic heterocycles. The molecule has 5 rings (SSSR count). The molecule has 0 N–H and O–H groups in total. The van der Waals surface area contributed by atoms with Crippen LogP contribution in [0.25, 0.3) is 0 Å². The summed E-state index contributed by atoms with van der Waals surface area (Å²) in [5.74, 6) is -0.106. The van der Waals surface area contributed by atoms with Crippen LogP contribution in [0.15, 0.2) is 42.5 Å². The second kappa shape index (κ2) is 5.33. The number of likely N-dealkylation sites (tertiary alicyclic amines) is 1. The lowest BCUT2D eigenvalue weighted by molar-refractivity contribution is -0.140. The van der Waals surface area contributed by atoms with Gasteiger partial charge in [0, 0.05) is 36.3 Å². The number of methoxy groups -OCH3 is 1. The zero-order valence-corrected chi connectivity index (χ0v) is 15.4. The molecule has 0 bridgehead atoms. The summed E-state index contributed by atoms with van der Waals surface area (Å²) in [6, 6.07) is 13.4. The van der Waals surface area contributed by atoms with Gasteiger partial charge in [-0.25, -0.2) is 0 Å². The molecule has 2 aromatic rings. The zero-order valence-electron chi connectivity index (χ0n) is 15.4. The van der Waals surface area contributed by atoms with E-state index in [0.717, 1.165) is 16.8 Å². The zero-order chi connectivity index (χ0) is 18.9. The first-order valence-electron chi connectivity index (χ1n) is 8.99. The Morgan fingerprint density at radius 2 is 1.89 bits per heavy atom. The summed E-state index contributed by atoms with van der Waals surface area (Å²) in [6.45, 7) is 0.466. The number of likely N-dealkylation sites (N-methyl/N-ethyl adjacent to an activating group) is 2. The number of benzene rings is 2. The predicted molar refractivity (Wildman–Crippen MR) is 99.0 cm³/mol. The van der Waals surface area contributed by atoms with E-state index >= 15 is 0 Å². The van der Waals surface area contributed by atoms with Crippen molar-refractivity contribution in [3.05, 3.63) is 53.6 Å². The number of rotatable bonds is 1. The van der Waals surface area contributed by atoms with Crippen molar-refractivity contribution < 1.29 is 19.1 Å². The molecule has 6 nitrogen and oxygen atoms in total. The minimum absolute atomic E-state index is 0.0119. The second-order valence-electron chi connectivity index (χ2n) is 7.41. The highest BCUT2D eigenvalue weighted by Crippen LogP contribution is 2.61. The average Bonchev–Trinajstić information content (AvgIpc) is 3.11. The van der Waals surface area contributed by atoms with Gasteiger partial charge in [-0.2, -0.15) is 0 Å². The van der Waals surface area contributed by atoms with Crippen LogP contribution >= 0.6 is 0 Å². The Morgan fingerprint density at radius 3 is 2.67 bits per heavy atom. The Morgan fingerprint density at radius 1 is 1.11 bits per heavy atom. The third-order valence-electron chi connectivity index (χ3n) is 6.30. The molecular formula is C21H20N2O4. The molecule has 0 aliphatic carbocycles. The number of ether oxygens (including phenoxy) is 2. The molecule has 27 heavy (non-hydrogen) atoms. The summed E-state index contributed by atoms with van der Waals surface area (Å²) in [7, 11) is 5.26. The van der Waals surface area contributed by atoms with E-state index in [1.165, 1.54) is 0 Å². The summed E-state index contributed by atoms with van der Waals surface area (Å²) in [5, 5.41) is 0. The van der Waals surface area contributed by atoms with E-state index in [4.69, 9.17) is 9.47 Å². The van der Waals surface area contributed by atoms with Crippen molar-refractivity contribution in [1.82, 2.24) is 4.90 Å². The highest BCUT2D eigenvalue weighted by molar-refractivity contribution is 6.09. The highest BCUT2D eigenvalue weighted by Gasteiger charge is 2.67. The van der Waals surface area contributed by atoms with Crippen LogP contribution in [0.5, 0.6) is 11.5 Å². The van der Waals surface area contributed by atoms with Crippen LogP contribution < -0.4 is 14.4 Å². The number of anilines is 1. The van der Waals surface area contributed by atoms with E-state index in [-0.39, 0.29) is 17.8 Å². The van der Waals surface area contributed by atoms with Crippen molar-refractivity contribution in [3.8, 4) is 11.5 Å². The Labute approximate surface area is 157 Å². The first kappa shape index (κ1) is 16.3. The van der Waals surface area contributed by atoms with E-state index in [2.05, 4.69) is 0 Å². The molecule has 1 spiro atoms. The van der Waals surface area contributed by atoms with Gasteiger partial charge in [0.2, 0.25) is 0 Å². The number of carbonyl (C=O) groups is 2. The SMILES string of the molecule is COc1cccc2c1OC(=O)[C@@H]1CN(C)[C@]3(C(=O)N(C)c4ccccc43)[C@H]21. The van der Waals surface area contributed by atoms with E-state index in [0.29, 0.717) is 18.0 Å². The van der Waals surface area contributed by atoms with E-state index in [1.54, 1.807) is 25.1 Å². The minimum atomic E-state index is -0.920. The van der Waals surface area contributed by atoms with Crippen LogP contribution in [0.2, 0.25) is 0 Å². The molecule has 138 valence electrons. The molecule has 1 fully saturated rings. The van der Waals surface area contributed by atoms with Gasteiger partial charge in [-0.1, -0.05) is 30.3 Å². The molecule has 0 unspecified atom stereocenters. The van der Waals surface area contributed by atoms with Crippen LogP contribution in [0, 0.1) is 5.92 Å². The fourth-order valence-corrected chi connectivity index (χ4v) is 5.19. The molecule has 1 saturated heterocycles. The number of hydrogen-bond donors (Lipinski definition) is 0. The van der Waals surface area contributed by atoms with Crippen LogP contribution in [-0.2, 0) is 15.1 Å². The summed E-state index contributed by atoms with van der Waals surface area (Å²) in [5.41, 5.74) is 1.76. The third-order valence-corrected chi connectivity index (χ3v) is 6.30. The van der Waals surface area contributed by atoms with Crippen molar-refractivity contribution in [3.63, 3.8) is 0 Å². The first-order valence-corrected chi connectivity index (χ1v) is 8.99. The number of hydrogen-bond acceptors (Lipinski definition) is 5. The van der Waals surface area contributed by atoms with Crippen LogP contribution in [0.4, 0.5) is 5.69 Å². The maximum absolute atomic E-state index is 13.6. The summed E-state index contributed by atoms with van der Waals surface area (Å²) in [6.07, 6.45) is 0. The topological polar surface area (TPSA) is 59.1 Å². The largest absolute Gasteiger partial charge is 0.493 e. The third kappa shape index (κ3) is 1.78. The maximum Gasteiger partial charge on any atom is 0.316 e. The van der Waals surface area contributed by atoms with E-state index in [9.17, 15) is 9.59 Å². The van der Waals surface area contributed by atoms with Crippen LogP contribution in [0.3, 0.4) is 0 Å². The van der Waals surface area contributed by atoms with Gasteiger partial charge < -0.3 is 14.4 Å². The molecule has 2 aromatic carbocycles. The van der Waals surface area contributed by atoms with Gasteiger partial charge in [0.15, 0.2) is 11.5 Å². The Balaban J connectivity index is 1.82. The predicted octanol–water partition coefficient (Wildman–Crippen LogP) is 2.13. The number of nitrogens with zero attached hydrogens (tertiary/aromatic N) is 2. The van der Waals surface area contributed by atoms with Crippen LogP contribution in [0.1, 0.15) is 17.0 Å². The van der Waals surface area contributed by atoms with Crippen LogP contribution in [-0.4, -0.2) is 44.5 Å². The lowest BCUT2D eigenvalue weighted by Gasteiger charge is -2.38. The molecule has 3 heterocycles. The number of carbonyl (C=O) groups excluding carboxylic acids is 2. The summed E-state index contributed by atoms with van der Waals surface area (Å²) in [4.78, 5) is 30.2. The molecule has 3 aliphatic rings. The fraction of sp³-hybridized carbons (Fsp3) is 0.333. The molecule has 3 atom stereocenters. The number of para-hydroxylation sites is 2. The molecular weight excluding hydrogens is 344 g/mol. The van der Waals surface area contributed by atoms with E-state index < -0.39 is 11.5 Å². The Bertz CT molecular complexity index is 988. The minimum Gasteiger partial charge on any atom is -0.493 e. The Hall–Kier alpha value is -2.86. The standard InChI is InChI=1S/C21H20N2O4/c1-22-11-13-17(12-7-6-10-16(26-3)18(12)27-19(13)24)21(22)14-8-4-5-9-15(14)23(2)20(21)25/h4-10,13,17H,11H2,1-3H3/t13-,17-,21+/m1/s1. The molecule has 0 saturated carbocycles. The number of amides is 1. The smallest absolute Gasteiger partial charge is 0.316 e. The van der Waals surface area contributed by atoms with Gasteiger partial charge in [-0.3, -0.25) is 14.5 Å². The second-order valence-corrected chi connectivity index (χ2v) is 7.41. The molecule has 0 aromatic heterocycles. The van der Waals surface area contributed by atoms with Gasteiger partial charge in [0.05, 0.1) is 13.0 Å². The first-order chi connectivity index (χ1) is 13.0. The summed E-state index contributed by atoms with van der Waals surface area (Å²) < 4.78 is 11.1. The lowest BCUT2D eigenvalue weighted by atomic mass is 9.71. The fourth-order valence-electron chi connectivity index (χ4n) is 5.19. The average molecular weight is 364 g/mol. The molecule has 1 amide bonds. The Kier molecular flexibility index (Phi) is 3.22. The van der Waals surface area contributed by atoms with Crippen molar-refractivity contribution in [2.75, 3.05) is 32.6 Å². The number of fused-ring (bicyclic) bond motifs is 6. The van der Waals surface area contributed by atoms with Crippen molar-refractivity contribution in [1.29, 1.82) is 0 Å². The lowest BCUT2D eigenvalue weighted by Crippen LogP contribution is -2.50. The van der Waals surface area contributed by atoms with Gasteiger partial charge in [0.25, 0.3) is 5.91 Å². The monoisotopic (exact) mass is 364 g/mol. The summed E-state index contributed by atoms with van der Waals surface area (Å²) >= 11 is 0. The van der Waals surface area contributed by atoms with Crippen molar-refractivity contribution in [2.24, 2.45) is 5.92 Å². The maximum atomic E-state index is 13.6. The van der Waals surface area contributed by atoms with Gasteiger partial charge >= 0.3 is 5.97 Å². The molecule has 0 radical (unpaired) electrons. The van der Waals surface area contributed by atoms with Crippen molar-refractivity contribution in [2.45, 2.75) is 11.5 Å². The normalized spacial score (nSPS) is 28.8. The van der Waals surface area contributed by atoms with Gasteiger partial charge in [-0.05, 0) is 19.2 Å².